The fraction of sp³-hybridized carbons (Fsp3) is 0.381. The SMILES string of the molecule is C[C@H]1O[C@H](Oc2ccc3c(c2)OC(c2ccc(O)cc2)CC3=O)[C@H](O)[C@@H](O)[C@@H]1O. The summed E-state index contributed by atoms with van der Waals surface area (Å²) in [7, 11) is 0. The summed E-state index contributed by atoms with van der Waals surface area (Å²) in [5.74, 6) is 0.648. The van der Waals surface area contributed by atoms with Crippen molar-refractivity contribution in [3.05, 3.63) is 53.6 Å². The van der Waals surface area contributed by atoms with E-state index in [1.165, 1.54) is 18.2 Å². The zero-order chi connectivity index (χ0) is 20.7. The van der Waals surface area contributed by atoms with Gasteiger partial charge in [0.2, 0.25) is 6.29 Å². The first kappa shape index (κ1) is 19.7. The predicted octanol–water partition coefficient (Wildman–Crippen LogP) is 1.30. The molecule has 0 saturated carbocycles. The second-order valence-corrected chi connectivity index (χ2v) is 7.28. The smallest absolute Gasteiger partial charge is 0.229 e. The number of phenols is 1. The fourth-order valence-corrected chi connectivity index (χ4v) is 3.50. The van der Waals surface area contributed by atoms with Gasteiger partial charge in [-0.3, -0.25) is 4.79 Å². The first-order chi connectivity index (χ1) is 13.8. The maximum atomic E-state index is 12.5. The Balaban J connectivity index is 1.54. The van der Waals surface area contributed by atoms with Crippen molar-refractivity contribution in [3.63, 3.8) is 0 Å². The molecule has 8 heteroatoms. The van der Waals surface area contributed by atoms with Crippen LogP contribution in [-0.4, -0.2) is 56.9 Å². The van der Waals surface area contributed by atoms with Crippen LogP contribution in [0.3, 0.4) is 0 Å². The third-order valence-corrected chi connectivity index (χ3v) is 5.22. The van der Waals surface area contributed by atoms with Gasteiger partial charge in [-0.25, -0.2) is 0 Å². The number of aliphatic hydroxyl groups is 3. The number of ether oxygens (including phenoxy) is 3. The zero-order valence-corrected chi connectivity index (χ0v) is 15.6. The van der Waals surface area contributed by atoms with Gasteiger partial charge in [0.15, 0.2) is 5.78 Å². The highest BCUT2D eigenvalue weighted by atomic mass is 16.7. The summed E-state index contributed by atoms with van der Waals surface area (Å²) in [6.07, 6.45) is -6.31. The summed E-state index contributed by atoms with van der Waals surface area (Å²) in [6, 6.07) is 11.1. The monoisotopic (exact) mass is 402 g/mol. The van der Waals surface area contributed by atoms with Crippen molar-refractivity contribution in [2.75, 3.05) is 0 Å². The molecule has 2 aromatic carbocycles. The van der Waals surface area contributed by atoms with E-state index in [4.69, 9.17) is 14.2 Å². The van der Waals surface area contributed by atoms with Crippen LogP contribution in [0.5, 0.6) is 17.2 Å². The van der Waals surface area contributed by atoms with E-state index in [0.717, 1.165) is 5.56 Å². The van der Waals surface area contributed by atoms with Gasteiger partial charge in [-0.1, -0.05) is 12.1 Å². The quantitative estimate of drug-likeness (QED) is 0.605. The molecule has 2 heterocycles. The van der Waals surface area contributed by atoms with Gasteiger partial charge in [0.1, 0.15) is 41.7 Å². The lowest BCUT2D eigenvalue weighted by Gasteiger charge is -2.39. The van der Waals surface area contributed by atoms with Crippen LogP contribution in [0, 0.1) is 0 Å². The van der Waals surface area contributed by atoms with E-state index in [1.54, 1.807) is 31.2 Å². The van der Waals surface area contributed by atoms with Gasteiger partial charge < -0.3 is 34.6 Å². The number of fused-ring (bicyclic) bond motifs is 1. The molecule has 2 aliphatic rings. The number of aliphatic hydroxyl groups excluding tert-OH is 3. The predicted molar refractivity (Wildman–Crippen MR) is 99.8 cm³/mol. The molecule has 1 saturated heterocycles. The van der Waals surface area contributed by atoms with Crippen molar-refractivity contribution < 1.29 is 39.4 Å². The number of Topliss-reactive ketones (excluding diaryl/α,β-unsaturated/α-hetero) is 1. The summed E-state index contributed by atoms with van der Waals surface area (Å²) >= 11 is 0. The molecule has 0 bridgehead atoms. The average Bonchev–Trinajstić information content (AvgIpc) is 2.70. The molecule has 2 aromatic rings. The van der Waals surface area contributed by atoms with Crippen LogP contribution in [-0.2, 0) is 4.74 Å². The van der Waals surface area contributed by atoms with Crippen LogP contribution >= 0.6 is 0 Å². The minimum atomic E-state index is -1.44. The van der Waals surface area contributed by atoms with Gasteiger partial charge in [0.25, 0.3) is 0 Å². The maximum absolute atomic E-state index is 12.5. The Morgan fingerprint density at radius 2 is 1.72 bits per heavy atom. The Kier molecular flexibility index (Phi) is 5.18. The molecule has 0 aromatic heterocycles. The van der Waals surface area contributed by atoms with E-state index < -0.39 is 36.8 Å². The van der Waals surface area contributed by atoms with E-state index >= 15 is 0 Å². The van der Waals surface area contributed by atoms with Crippen LogP contribution in [0.25, 0.3) is 0 Å². The van der Waals surface area contributed by atoms with Gasteiger partial charge in [-0.2, -0.15) is 0 Å². The van der Waals surface area contributed by atoms with Crippen molar-refractivity contribution in [1.82, 2.24) is 0 Å². The van der Waals surface area contributed by atoms with Crippen molar-refractivity contribution in [2.24, 2.45) is 0 Å². The lowest BCUT2D eigenvalue weighted by Crippen LogP contribution is -2.58. The number of hydrogen-bond donors (Lipinski definition) is 4. The number of ketones is 1. The number of benzene rings is 2. The summed E-state index contributed by atoms with van der Waals surface area (Å²) in [6.45, 7) is 1.56. The molecule has 4 rings (SSSR count). The topological polar surface area (TPSA) is 126 Å². The summed E-state index contributed by atoms with van der Waals surface area (Å²) in [5, 5.41) is 39.3. The number of carbonyl (C=O) groups is 1. The second-order valence-electron chi connectivity index (χ2n) is 7.28. The van der Waals surface area contributed by atoms with E-state index in [1.807, 2.05) is 0 Å². The first-order valence-electron chi connectivity index (χ1n) is 9.32. The molecule has 0 radical (unpaired) electrons. The lowest BCUT2D eigenvalue weighted by molar-refractivity contribution is -0.268. The molecular formula is C21H22O8. The largest absolute Gasteiger partial charge is 0.508 e. The normalized spacial score (nSPS) is 31.7. The highest BCUT2D eigenvalue weighted by Gasteiger charge is 2.43. The second kappa shape index (κ2) is 7.64. The number of aromatic hydroxyl groups is 1. The molecule has 8 nitrogen and oxygen atoms in total. The molecule has 1 fully saturated rings. The minimum Gasteiger partial charge on any atom is -0.508 e. The average molecular weight is 402 g/mol. The van der Waals surface area contributed by atoms with E-state index in [-0.39, 0.29) is 23.7 Å². The Bertz CT molecular complexity index is 896. The van der Waals surface area contributed by atoms with Crippen LogP contribution in [0.15, 0.2) is 42.5 Å². The zero-order valence-electron chi connectivity index (χ0n) is 15.6. The molecule has 4 N–H and O–H groups in total. The molecule has 6 atom stereocenters. The summed E-state index contributed by atoms with van der Waals surface area (Å²) < 4.78 is 17.1. The van der Waals surface area contributed by atoms with Gasteiger partial charge in [-0.15, -0.1) is 0 Å². The Labute approximate surface area is 166 Å². The molecule has 0 spiro atoms. The third-order valence-electron chi connectivity index (χ3n) is 5.22. The van der Waals surface area contributed by atoms with E-state index in [2.05, 4.69) is 0 Å². The van der Waals surface area contributed by atoms with E-state index in [9.17, 15) is 25.2 Å². The summed E-state index contributed by atoms with van der Waals surface area (Å²) in [4.78, 5) is 12.5. The number of hydrogen-bond acceptors (Lipinski definition) is 8. The van der Waals surface area contributed by atoms with Crippen molar-refractivity contribution in [3.8, 4) is 17.2 Å². The fourth-order valence-electron chi connectivity index (χ4n) is 3.50. The summed E-state index contributed by atoms with van der Waals surface area (Å²) in [5.41, 5.74) is 1.17. The van der Waals surface area contributed by atoms with Crippen molar-refractivity contribution >= 4 is 5.78 Å². The molecule has 2 aliphatic heterocycles. The van der Waals surface area contributed by atoms with E-state index in [0.29, 0.717) is 11.3 Å². The molecule has 154 valence electrons. The Morgan fingerprint density at radius 1 is 1.00 bits per heavy atom. The Morgan fingerprint density at radius 3 is 2.45 bits per heavy atom. The van der Waals surface area contributed by atoms with Gasteiger partial charge >= 0.3 is 0 Å². The highest BCUT2D eigenvalue weighted by Crippen LogP contribution is 2.38. The maximum Gasteiger partial charge on any atom is 0.229 e. The van der Waals surface area contributed by atoms with Crippen LogP contribution in [0.1, 0.15) is 35.4 Å². The number of rotatable bonds is 3. The molecule has 1 unspecified atom stereocenters. The number of carbonyl (C=O) groups excluding carboxylic acids is 1. The van der Waals surface area contributed by atoms with Crippen molar-refractivity contribution in [1.29, 1.82) is 0 Å². The first-order valence-corrected chi connectivity index (χ1v) is 9.32. The van der Waals surface area contributed by atoms with Crippen LogP contribution in [0.4, 0.5) is 0 Å². The van der Waals surface area contributed by atoms with Crippen LogP contribution < -0.4 is 9.47 Å². The third kappa shape index (κ3) is 3.79. The van der Waals surface area contributed by atoms with Gasteiger partial charge in [0, 0.05) is 6.07 Å². The molecule has 0 aliphatic carbocycles. The van der Waals surface area contributed by atoms with Gasteiger partial charge in [0.05, 0.1) is 18.1 Å². The minimum absolute atomic E-state index is 0.0861. The van der Waals surface area contributed by atoms with Crippen LogP contribution in [0.2, 0.25) is 0 Å². The molecule has 29 heavy (non-hydrogen) atoms. The van der Waals surface area contributed by atoms with Crippen molar-refractivity contribution in [2.45, 2.75) is 50.2 Å². The van der Waals surface area contributed by atoms with Gasteiger partial charge in [-0.05, 0) is 36.8 Å². The molecule has 0 amide bonds. The lowest BCUT2D eigenvalue weighted by atomic mass is 9.96. The highest BCUT2D eigenvalue weighted by molar-refractivity contribution is 6.00. The number of phenolic OH excluding ortho intramolecular Hbond substituents is 1. The standard InChI is InChI=1S/C21H22O8/c1-10-18(24)19(25)20(26)21(27-10)28-13-6-7-14-15(23)9-16(29-17(14)8-13)11-2-4-12(22)5-3-11/h2-8,10,16,18-22,24-26H,9H2,1H3/t10-,16?,18-,19+,20-,21-/m1/s1. The molecular weight excluding hydrogens is 380 g/mol. The Hall–Kier alpha value is -2.65.